The molecule has 8 heteroatoms. The topological polar surface area (TPSA) is 60.2 Å². The molecule has 1 fully saturated rings. The Morgan fingerprint density at radius 3 is 2.81 bits per heavy atom. The summed E-state index contributed by atoms with van der Waals surface area (Å²) in [6, 6.07) is 14.2. The van der Waals surface area contributed by atoms with E-state index < -0.39 is 0 Å². The Morgan fingerprint density at radius 1 is 1.22 bits per heavy atom. The van der Waals surface area contributed by atoms with Gasteiger partial charge in [0, 0.05) is 18.0 Å². The Balaban J connectivity index is 1.41. The van der Waals surface area contributed by atoms with Crippen molar-refractivity contribution in [1.82, 2.24) is 19.7 Å². The number of ether oxygens (including phenoxy) is 1. The molecule has 0 N–H and O–H groups in total. The van der Waals surface area contributed by atoms with Gasteiger partial charge >= 0.3 is 0 Å². The minimum atomic E-state index is 0.173. The molecule has 170 valence electrons. The van der Waals surface area contributed by atoms with Gasteiger partial charge in [0.2, 0.25) is 5.91 Å². The number of thioether (sulfide) groups is 1. The first-order valence-electron chi connectivity index (χ1n) is 11.2. The summed E-state index contributed by atoms with van der Waals surface area (Å²) in [5, 5.41) is 11.7. The van der Waals surface area contributed by atoms with E-state index in [9.17, 15) is 4.79 Å². The van der Waals surface area contributed by atoms with Gasteiger partial charge in [0.05, 0.1) is 11.8 Å². The molecule has 0 saturated carbocycles. The van der Waals surface area contributed by atoms with Gasteiger partial charge in [0.15, 0.2) is 11.0 Å². The zero-order chi connectivity index (χ0) is 22.3. The van der Waals surface area contributed by atoms with Crippen molar-refractivity contribution in [2.24, 2.45) is 5.92 Å². The van der Waals surface area contributed by atoms with Gasteiger partial charge in [-0.1, -0.05) is 49.9 Å². The average molecular weight is 471 g/mol. The summed E-state index contributed by atoms with van der Waals surface area (Å²) in [4.78, 5) is 16.4. The van der Waals surface area contributed by atoms with Crippen LogP contribution in [0, 0.1) is 5.92 Å². The van der Waals surface area contributed by atoms with Crippen LogP contribution in [0.2, 0.25) is 0 Å². The molecule has 1 atom stereocenters. The number of rotatable bonds is 10. The van der Waals surface area contributed by atoms with Crippen molar-refractivity contribution in [2.45, 2.75) is 57.5 Å². The van der Waals surface area contributed by atoms with Gasteiger partial charge in [0.25, 0.3) is 0 Å². The quantitative estimate of drug-likeness (QED) is 0.370. The molecule has 1 aliphatic heterocycles. The van der Waals surface area contributed by atoms with Crippen LogP contribution in [0.5, 0.6) is 5.75 Å². The fourth-order valence-corrected chi connectivity index (χ4v) is 5.60. The van der Waals surface area contributed by atoms with E-state index in [0.29, 0.717) is 18.3 Å². The van der Waals surface area contributed by atoms with Crippen LogP contribution in [0.15, 0.2) is 53.0 Å². The summed E-state index contributed by atoms with van der Waals surface area (Å²) >= 11 is 3.21. The minimum absolute atomic E-state index is 0.173. The van der Waals surface area contributed by atoms with Gasteiger partial charge in [-0.3, -0.25) is 4.79 Å². The lowest BCUT2D eigenvalue weighted by atomic mass is 10.1. The van der Waals surface area contributed by atoms with Gasteiger partial charge in [0.1, 0.15) is 12.4 Å². The van der Waals surface area contributed by atoms with Gasteiger partial charge in [-0.2, -0.15) is 0 Å². The third-order valence-electron chi connectivity index (χ3n) is 5.60. The molecule has 1 aliphatic rings. The molecule has 6 nitrogen and oxygen atoms in total. The van der Waals surface area contributed by atoms with Crippen LogP contribution in [0.25, 0.3) is 0 Å². The SMILES string of the molecule is CC(C)CCn1c(COc2ccccc2)nnc1SCC(=O)N1CCCC1c1cccs1. The van der Waals surface area contributed by atoms with Crippen LogP contribution < -0.4 is 4.74 Å². The molecule has 0 aliphatic carbocycles. The summed E-state index contributed by atoms with van der Waals surface area (Å²) in [5.74, 6) is 2.72. The van der Waals surface area contributed by atoms with E-state index in [0.717, 1.165) is 49.1 Å². The molecule has 32 heavy (non-hydrogen) atoms. The largest absolute Gasteiger partial charge is 0.486 e. The third kappa shape index (κ3) is 5.72. The number of aromatic nitrogens is 3. The van der Waals surface area contributed by atoms with E-state index in [2.05, 4.69) is 46.1 Å². The minimum Gasteiger partial charge on any atom is -0.486 e. The fourth-order valence-electron chi connectivity index (χ4n) is 3.86. The summed E-state index contributed by atoms with van der Waals surface area (Å²) in [7, 11) is 0. The molecular formula is C24H30N4O2S2. The lowest BCUT2D eigenvalue weighted by molar-refractivity contribution is -0.129. The van der Waals surface area contributed by atoms with Gasteiger partial charge < -0.3 is 14.2 Å². The normalized spacial score (nSPS) is 16.1. The molecule has 0 bridgehead atoms. The molecule has 1 unspecified atom stereocenters. The highest BCUT2D eigenvalue weighted by molar-refractivity contribution is 7.99. The third-order valence-corrected chi connectivity index (χ3v) is 7.53. The molecule has 1 aromatic carbocycles. The van der Waals surface area contributed by atoms with Crippen LogP contribution in [-0.4, -0.2) is 37.9 Å². The summed E-state index contributed by atoms with van der Waals surface area (Å²) < 4.78 is 8.02. The molecule has 1 amide bonds. The first kappa shape index (κ1) is 22.9. The van der Waals surface area contributed by atoms with Crippen molar-refractivity contribution in [3.8, 4) is 5.75 Å². The van der Waals surface area contributed by atoms with Gasteiger partial charge in [-0.25, -0.2) is 0 Å². The fraction of sp³-hybridized carbons (Fsp3) is 0.458. The van der Waals surface area contributed by atoms with Crippen LogP contribution in [-0.2, 0) is 17.9 Å². The average Bonchev–Trinajstić information content (AvgIpc) is 3.56. The zero-order valence-corrected chi connectivity index (χ0v) is 20.3. The summed E-state index contributed by atoms with van der Waals surface area (Å²) in [6.45, 7) is 6.42. The second kappa shape index (κ2) is 11.0. The van der Waals surface area contributed by atoms with Crippen LogP contribution >= 0.6 is 23.1 Å². The van der Waals surface area contributed by atoms with Gasteiger partial charge in [-0.15, -0.1) is 21.5 Å². The van der Waals surface area contributed by atoms with Crippen molar-refractivity contribution in [1.29, 1.82) is 0 Å². The number of hydrogen-bond acceptors (Lipinski definition) is 6. The lowest BCUT2D eigenvalue weighted by Gasteiger charge is -2.23. The second-order valence-corrected chi connectivity index (χ2v) is 10.3. The Bertz CT molecular complexity index is 989. The standard InChI is InChI=1S/C24H30N4O2S2/c1-18(2)12-14-28-22(16-30-19-8-4-3-5-9-19)25-26-24(28)32-17-23(29)27-13-6-10-20(27)21-11-7-15-31-21/h3-5,7-9,11,15,18,20H,6,10,12-14,16-17H2,1-2H3. The van der Waals surface area contributed by atoms with Crippen LogP contribution in [0.4, 0.5) is 0 Å². The highest BCUT2D eigenvalue weighted by Gasteiger charge is 2.30. The van der Waals surface area contributed by atoms with Crippen LogP contribution in [0.1, 0.15) is 49.9 Å². The van der Waals surface area contributed by atoms with Crippen molar-refractivity contribution < 1.29 is 9.53 Å². The molecule has 1 saturated heterocycles. The molecule has 0 radical (unpaired) electrons. The maximum absolute atomic E-state index is 13.0. The molecule has 0 spiro atoms. The Kier molecular flexibility index (Phi) is 7.86. The Morgan fingerprint density at radius 2 is 2.06 bits per heavy atom. The number of amides is 1. The van der Waals surface area contributed by atoms with E-state index in [1.165, 1.54) is 16.6 Å². The number of nitrogens with zero attached hydrogens (tertiary/aromatic N) is 4. The lowest BCUT2D eigenvalue weighted by Crippen LogP contribution is -2.31. The predicted molar refractivity (Wildman–Crippen MR) is 129 cm³/mol. The van der Waals surface area contributed by atoms with E-state index in [1.54, 1.807) is 11.3 Å². The monoisotopic (exact) mass is 470 g/mol. The molecule has 3 heterocycles. The predicted octanol–water partition coefficient (Wildman–Crippen LogP) is 5.42. The number of para-hydroxylation sites is 1. The maximum Gasteiger partial charge on any atom is 0.233 e. The van der Waals surface area contributed by atoms with E-state index in [-0.39, 0.29) is 11.9 Å². The smallest absolute Gasteiger partial charge is 0.233 e. The Labute approximate surface area is 198 Å². The molecular weight excluding hydrogens is 440 g/mol. The van der Waals surface area contributed by atoms with Crippen molar-refractivity contribution in [3.05, 3.63) is 58.5 Å². The number of benzene rings is 1. The van der Waals surface area contributed by atoms with E-state index >= 15 is 0 Å². The zero-order valence-electron chi connectivity index (χ0n) is 18.6. The van der Waals surface area contributed by atoms with Gasteiger partial charge in [-0.05, 0) is 48.8 Å². The highest BCUT2D eigenvalue weighted by Crippen LogP contribution is 2.35. The van der Waals surface area contributed by atoms with Crippen molar-refractivity contribution in [2.75, 3.05) is 12.3 Å². The van der Waals surface area contributed by atoms with E-state index in [4.69, 9.17) is 4.74 Å². The highest BCUT2D eigenvalue weighted by atomic mass is 32.2. The van der Waals surface area contributed by atoms with Crippen molar-refractivity contribution >= 4 is 29.0 Å². The van der Waals surface area contributed by atoms with E-state index in [1.807, 2.05) is 35.2 Å². The first-order valence-corrected chi connectivity index (χ1v) is 13.0. The maximum atomic E-state index is 13.0. The number of likely N-dealkylation sites (tertiary alicyclic amines) is 1. The molecule has 4 rings (SSSR count). The summed E-state index contributed by atoms with van der Waals surface area (Å²) in [5.41, 5.74) is 0. The van der Waals surface area contributed by atoms with Crippen molar-refractivity contribution in [3.63, 3.8) is 0 Å². The number of carbonyl (C=O) groups excluding carboxylic acids is 1. The first-order chi connectivity index (χ1) is 15.6. The molecule has 2 aromatic heterocycles. The number of hydrogen-bond donors (Lipinski definition) is 0. The summed E-state index contributed by atoms with van der Waals surface area (Å²) in [6.07, 6.45) is 3.12. The molecule has 3 aromatic rings. The number of carbonyl (C=O) groups is 1. The second-order valence-electron chi connectivity index (χ2n) is 8.38. The number of thiophene rings is 1. The van der Waals surface area contributed by atoms with Crippen LogP contribution in [0.3, 0.4) is 0 Å². The Hall–Kier alpha value is -2.32.